The summed E-state index contributed by atoms with van der Waals surface area (Å²) in [5.41, 5.74) is 4.20. The Kier molecular flexibility index (Phi) is 4.40. The van der Waals surface area contributed by atoms with E-state index in [9.17, 15) is 0 Å². The first-order valence-corrected chi connectivity index (χ1v) is 8.09. The zero-order chi connectivity index (χ0) is 14.7. The van der Waals surface area contributed by atoms with Crippen molar-refractivity contribution < 1.29 is 0 Å². The van der Waals surface area contributed by atoms with Crippen LogP contribution in [0.3, 0.4) is 0 Å². The molecule has 0 amide bonds. The van der Waals surface area contributed by atoms with Gasteiger partial charge in [0.2, 0.25) is 0 Å². The van der Waals surface area contributed by atoms with Crippen LogP contribution >= 0.6 is 0 Å². The number of hydrogen-bond donors (Lipinski definition) is 1. The molecular formula is C20H25N. The zero-order valence-electron chi connectivity index (χ0n) is 13.0. The fourth-order valence-corrected chi connectivity index (χ4v) is 3.04. The molecule has 3 rings (SSSR count). The van der Waals surface area contributed by atoms with Gasteiger partial charge in [0.25, 0.3) is 0 Å². The van der Waals surface area contributed by atoms with Crippen molar-refractivity contribution in [2.45, 2.75) is 45.2 Å². The lowest BCUT2D eigenvalue weighted by atomic mass is 9.99. The highest BCUT2D eigenvalue weighted by atomic mass is 15.0. The third-order valence-electron chi connectivity index (χ3n) is 4.38. The molecule has 0 spiro atoms. The number of rotatable bonds is 6. The van der Waals surface area contributed by atoms with E-state index in [-0.39, 0.29) is 0 Å². The second-order valence-electron chi connectivity index (χ2n) is 6.48. The molecule has 1 aliphatic carbocycles. The molecule has 0 radical (unpaired) electrons. The highest BCUT2D eigenvalue weighted by Crippen LogP contribution is 2.41. The Morgan fingerprint density at radius 2 is 1.67 bits per heavy atom. The molecule has 21 heavy (non-hydrogen) atoms. The van der Waals surface area contributed by atoms with Crippen molar-refractivity contribution in [1.29, 1.82) is 0 Å². The first-order chi connectivity index (χ1) is 10.2. The van der Waals surface area contributed by atoms with Gasteiger partial charge in [-0.3, -0.25) is 0 Å². The van der Waals surface area contributed by atoms with Gasteiger partial charge in [0.15, 0.2) is 0 Å². The number of nitrogens with one attached hydrogen (secondary N) is 1. The van der Waals surface area contributed by atoms with Gasteiger partial charge in [-0.2, -0.15) is 0 Å². The molecule has 0 bridgehead atoms. The van der Waals surface area contributed by atoms with Crippen LogP contribution in [0.25, 0.3) is 0 Å². The molecule has 1 fully saturated rings. The fraction of sp³-hybridized carbons (Fsp3) is 0.400. The van der Waals surface area contributed by atoms with Crippen LogP contribution in [0, 0.1) is 12.8 Å². The molecular weight excluding hydrogens is 254 g/mol. The summed E-state index contributed by atoms with van der Waals surface area (Å²) in [4.78, 5) is 0. The van der Waals surface area contributed by atoms with Crippen molar-refractivity contribution in [2.24, 2.45) is 5.92 Å². The molecule has 0 aromatic heterocycles. The molecule has 2 unspecified atom stereocenters. The third-order valence-corrected chi connectivity index (χ3v) is 4.38. The van der Waals surface area contributed by atoms with E-state index >= 15 is 0 Å². The Bertz CT molecular complexity index is 554. The number of benzene rings is 2. The summed E-state index contributed by atoms with van der Waals surface area (Å²) in [6.07, 6.45) is 3.82. The van der Waals surface area contributed by atoms with Crippen molar-refractivity contribution in [3.63, 3.8) is 0 Å². The third kappa shape index (κ3) is 3.95. The first kappa shape index (κ1) is 14.3. The van der Waals surface area contributed by atoms with Gasteiger partial charge in [-0.1, -0.05) is 60.2 Å². The summed E-state index contributed by atoms with van der Waals surface area (Å²) >= 11 is 0. The molecule has 2 aromatic carbocycles. The topological polar surface area (TPSA) is 12.0 Å². The van der Waals surface area contributed by atoms with Crippen LogP contribution in [-0.4, -0.2) is 6.04 Å². The van der Waals surface area contributed by atoms with E-state index in [1.807, 2.05) is 0 Å². The highest BCUT2D eigenvalue weighted by Gasteiger charge is 2.32. The Balaban J connectivity index is 1.66. The van der Waals surface area contributed by atoms with Gasteiger partial charge in [0.05, 0.1) is 0 Å². The fourth-order valence-electron chi connectivity index (χ4n) is 3.04. The maximum absolute atomic E-state index is 3.86. The van der Waals surface area contributed by atoms with Crippen LogP contribution in [0.15, 0.2) is 54.6 Å². The quantitative estimate of drug-likeness (QED) is 0.810. The summed E-state index contributed by atoms with van der Waals surface area (Å²) < 4.78 is 0. The molecule has 0 aliphatic heterocycles. The second-order valence-corrected chi connectivity index (χ2v) is 6.48. The van der Waals surface area contributed by atoms with E-state index in [0.717, 1.165) is 12.3 Å². The van der Waals surface area contributed by atoms with Crippen molar-refractivity contribution >= 4 is 0 Å². The molecule has 0 heterocycles. The minimum Gasteiger partial charge on any atom is -0.307 e. The van der Waals surface area contributed by atoms with Gasteiger partial charge >= 0.3 is 0 Å². The van der Waals surface area contributed by atoms with Crippen LogP contribution in [0.2, 0.25) is 0 Å². The SMILES string of the molecule is Cc1ccc(C(NC(C)Cc2ccccc2)C2CC2)cc1. The van der Waals surface area contributed by atoms with Crippen molar-refractivity contribution in [2.75, 3.05) is 0 Å². The molecule has 2 aromatic rings. The van der Waals surface area contributed by atoms with E-state index in [1.165, 1.54) is 29.5 Å². The van der Waals surface area contributed by atoms with Gasteiger partial charge in [0.1, 0.15) is 0 Å². The number of hydrogen-bond acceptors (Lipinski definition) is 1. The normalized spacial score (nSPS) is 17.4. The molecule has 110 valence electrons. The molecule has 0 saturated heterocycles. The van der Waals surface area contributed by atoms with Crippen molar-refractivity contribution in [3.05, 3.63) is 71.3 Å². The highest BCUT2D eigenvalue weighted by molar-refractivity contribution is 5.26. The largest absolute Gasteiger partial charge is 0.307 e. The smallest absolute Gasteiger partial charge is 0.0351 e. The Morgan fingerprint density at radius 1 is 1.00 bits per heavy atom. The predicted octanol–water partition coefficient (Wildman–Crippen LogP) is 4.67. The van der Waals surface area contributed by atoms with Gasteiger partial charge < -0.3 is 5.32 Å². The van der Waals surface area contributed by atoms with Crippen LogP contribution in [0.1, 0.15) is 42.5 Å². The molecule has 1 heteroatoms. The van der Waals surface area contributed by atoms with Crippen LogP contribution < -0.4 is 5.32 Å². The minimum atomic E-state index is 0.499. The molecule has 2 atom stereocenters. The lowest BCUT2D eigenvalue weighted by Crippen LogP contribution is -2.33. The lowest BCUT2D eigenvalue weighted by Gasteiger charge is -2.24. The van der Waals surface area contributed by atoms with Crippen molar-refractivity contribution in [3.8, 4) is 0 Å². The molecule has 1 aliphatic rings. The van der Waals surface area contributed by atoms with E-state index in [1.54, 1.807) is 0 Å². The van der Waals surface area contributed by atoms with E-state index in [2.05, 4.69) is 73.8 Å². The predicted molar refractivity (Wildman–Crippen MR) is 89.4 cm³/mol. The standard InChI is InChI=1S/C20H25N/c1-15-8-10-18(11-9-15)20(19-12-13-19)21-16(2)14-17-6-4-3-5-7-17/h3-11,16,19-21H,12-14H2,1-2H3. The summed E-state index contributed by atoms with van der Waals surface area (Å²) in [6, 6.07) is 20.8. The average molecular weight is 279 g/mol. The van der Waals surface area contributed by atoms with E-state index in [4.69, 9.17) is 0 Å². The Morgan fingerprint density at radius 3 is 2.29 bits per heavy atom. The maximum atomic E-state index is 3.86. The average Bonchev–Trinajstić information content (AvgIpc) is 3.31. The number of aryl methyl sites for hydroxylation is 1. The van der Waals surface area contributed by atoms with Crippen LogP contribution in [-0.2, 0) is 6.42 Å². The van der Waals surface area contributed by atoms with Gasteiger partial charge in [-0.25, -0.2) is 0 Å². The maximum Gasteiger partial charge on any atom is 0.0351 e. The van der Waals surface area contributed by atoms with Crippen LogP contribution in [0.4, 0.5) is 0 Å². The summed E-state index contributed by atoms with van der Waals surface area (Å²) in [5.74, 6) is 0.825. The van der Waals surface area contributed by atoms with Gasteiger partial charge in [-0.05, 0) is 50.2 Å². The molecule has 1 nitrogen and oxygen atoms in total. The van der Waals surface area contributed by atoms with Crippen molar-refractivity contribution in [1.82, 2.24) is 5.32 Å². The molecule has 1 saturated carbocycles. The monoisotopic (exact) mass is 279 g/mol. The van der Waals surface area contributed by atoms with E-state index in [0.29, 0.717) is 12.1 Å². The second kappa shape index (κ2) is 6.44. The summed E-state index contributed by atoms with van der Waals surface area (Å²) in [7, 11) is 0. The van der Waals surface area contributed by atoms with Crippen LogP contribution in [0.5, 0.6) is 0 Å². The van der Waals surface area contributed by atoms with Gasteiger partial charge in [-0.15, -0.1) is 0 Å². The summed E-state index contributed by atoms with van der Waals surface area (Å²) in [6.45, 7) is 4.46. The van der Waals surface area contributed by atoms with Gasteiger partial charge in [0, 0.05) is 12.1 Å². The molecule has 1 N–H and O–H groups in total. The summed E-state index contributed by atoms with van der Waals surface area (Å²) in [5, 5.41) is 3.86. The Labute approximate surface area is 128 Å². The van der Waals surface area contributed by atoms with E-state index < -0.39 is 0 Å². The minimum absolute atomic E-state index is 0.499. The lowest BCUT2D eigenvalue weighted by molar-refractivity contribution is 0.417. The Hall–Kier alpha value is -1.60. The first-order valence-electron chi connectivity index (χ1n) is 8.09. The zero-order valence-corrected chi connectivity index (χ0v) is 13.0.